The van der Waals surface area contributed by atoms with Crippen molar-refractivity contribution in [3.63, 3.8) is 0 Å². The minimum absolute atomic E-state index is 0. The van der Waals surface area contributed by atoms with Crippen LogP contribution in [0.3, 0.4) is 0 Å². The van der Waals surface area contributed by atoms with Gasteiger partial charge in [0, 0.05) is 14.1 Å². The second-order valence-corrected chi connectivity index (χ2v) is 4.48. The van der Waals surface area contributed by atoms with Gasteiger partial charge in [-0.05, 0) is 4.99 Å². The number of rotatable bonds is 3. The molecule has 1 unspecified atom stereocenters. The van der Waals surface area contributed by atoms with Gasteiger partial charge in [0.15, 0.2) is 0 Å². The molecule has 8 heteroatoms. The van der Waals surface area contributed by atoms with Gasteiger partial charge in [0.2, 0.25) is 0 Å². The molecule has 0 aromatic carbocycles. The standard InChI is InChI=1S/C12H16N5O2.H2O/c1-4-8-14-10-9(17(8)7-5-6-13)11(18)16(3)12(19)15(10)2;/h9H,4-5,7H2,1-3H3;1H2/q+1;. The van der Waals surface area contributed by atoms with Crippen LogP contribution in [0.1, 0.15) is 19.8 Å². The first-order valence-corrected chi connectivity index (χ1v) is 6.16. The molecule has 0 radical (unpaired) electrons. The summed E-state index contributed by atoms with van der Waals surface area (Å²) in [7, 11) is 3.07. The fourth-order valence-electron chi connectivity index (χ4n) is 2.36. The molecule has 0 bridgehead atoms. The van der Waals surface area contributed by atoms with Gasteiger partial charge in [0.1, 0.15) is 0 Å². The number of nitriles is 1. The van der Waals surface area contributed by atoms with Gasteiger partial charge in [-0.3, -0.25) is 14.6 Å². The van der Waals surface area contributed by atoms with E-state index in [-0.39, 0.29) is 17.4 Å². The monoisotopic (exact) mass is 280 g/mol. The second kappa shape index (κ2) is 5.79. The summed E-state index contributed by atoms with van der Waals surface area (Å²) in [6.45, 7) is 2.38. The lowest BCUT2D eigenvalue weighted by atomic mass is 10.1. The summed E-state index contributed by atoms with van der Waals surface area (Å²) < 4.78 is 1.82. The summed E-state index contributed by atoms with van der Waals surface area (Å²) in [4.78, 5) is 31.0. The van der Waals surface area contributed by atoms with Gasteiger partial charge in [0.05, 0.1) is 25.5 Å². The first kappa shape index (κ1) is 15.8. The van der Waals surface area contributed by atoms with Crippen molar-refractivity contribution >= 4 is 23.6 Å². The zero-order valence-corrected chi connectivity index (χ0v) is 11.8. The van der Waals surface area contributed by atoms with Crippen LogP contribution in [0.5, 0.6) is 0 Å². The van der Waals surface area contributed by atoms with E-state index in [0.29, 0.717) is 25.2 Å². The third-order valence-corrected chi connectivity index (χ3v) is 3.39. The summed E-state index contributed by atoms with van der Waals surface area (Å²) >= 11 is 0. The molecule has 2 aliphatic rings. The number of carbonyl (C=O) groups is 2. The van der Waals surface area contributed by atoms with Gasteiger partial charge in [0.25, 0.3) is 23.6 Å². The van der Waals surface area contributed by atoms with E-state index in [4.69, 9.17) is 5.26 Å². The van der Waals surface area contributed by atoms with Crippen LogP contribution in [0, 0.1) is 11.3 Å². The number of nitrogens with zero attached hydrogens (tertiary/aromatic N) is 5. The van der Waals surface area contributed by atoms with Crippen molar-refractivity contribution in [2.75, 3.05) is 20.6 Å². The number of hydrogen-bond donors (Lipinski definition) is 0. The lowest BCUT2D eigenvalue weighted by Crippen LogP contribution is -2.61. The van der Waals surface area contributed by atoms with E-state index < -0.39 is 6.04 Å². The second-order valence-electron chi connectivity index (χ2n) is 4.48. The molecule has 108 valence electrons. The number of imide groups is 1. The Labute approximate surface area is 116 Å². The average Bonchev–Trinajstić information content (AvgIpc) is 2.79. The van der Waals surface area contributed by atoms with E-state index in [9.17, 15) is 9.59 Å². The van der Waals surface area contributed by atoms with Crippen LogP contribution in [-0.2, 0) is 4.79 Å². The van der Waals surface area contributed by atoms with Gasteiger partial charge in [-0.25, -0.2) is 9.37 Å². The fourth-order valence-corrected chi connectivity index (χ4v) is 2.36. The smallest absolute Gasteiger partial charge is 0.333 e. The fraction of sp³-hybridized carbons (Fsp3) is 0.583. The van der Waals surface area contributed by atoms with E-state index in [1.807, 2.05) is 11.5 Å². The highest BCUT2D eigenvalue weighted by Crippen LogP contribution is 2.19. The minimum Gasteiger partial charge on any atom is -0.412 e. The molecule has 2 aliphatic heterocycles. The molecule has 0 aromatic heterocycles. The Morgan fingerprint density at radius 3 is 2.55 bits per heavy atom. The summed E-state index contributed by atoms with van der Waals surface area (Å²) in [5.74, 6) is 0.921. The van der Waals surface area contributed by atoms with Gasteiger partial charge in [-0.15, -0.1) is 0 Å². The van der Waals surface area contributed by atoms with Crippen molar-refractivity contribution < 1.29 is 19.6 Å². The molecule has 2 rings (SSSR count). The molecule has 3 amide bonds. The maximum absolute atomic E-state index is 12.3. The largest absolute Gasteiger partial charge is 0.412 e. The quantitative estimate of drug-likeness (QED) is 0.631. The topological polar surface area (TPSA) is 111 Å². The van der Waals surface area contributed by atoms with Gasteiger partial charge in [-0.2, -0.15) is 5.26 Å². The van der Waals surface area contributed by atoms with Crippen LogP contribution >= 0.6 is 0 Å². The zero-order valence-electron chi connectivity index (χ0n) is 11.8. The predicted octanol–water partition coefficient (Wildman–Crippen LogP) is -0.799. The normalized spacial score (nSPS) is 21.5. The molecule has 0 spiro atoms. The molecule has 0 aliphatic carbocycles. The summed E-state index contributed by atoms with van der Waals surface area (Å²) in [5, 5.41) is 8.71. The minimum atomic E-state index is -0.573. The molecular weight excluding hydrogens is 262 g/mol. The van der Waals surface area contributed by atoms with Crippen LogP contribution < -0.4 is 0 Å². The Morgan fingerprint density at radius 1 is 1.35 bits per heavy atom. The third kappa shape index (κ3) is 2.16. The summed E-state index contributed by atoms with van der Waals surface area (Å²) in [5.41, 5.74) is 0. The van der Waals surface area contributed by atoms with E-state index in [1.54, 1.807) is 7.05 Å². The zero-order chi connectivity index (χ0) is 14.2. The number of aliphatic imine (C=N–C) groups is 1. The first-order chi connectivity index (χ1) is 9.02. The van der Waals surface area contributed by atoms with E-state index in [2.05, 4.69) is 11.1 Å². The Kier molecular flexibility index (Phi) is 4.57. The van der Waals surface area contributed by atoms with Gasteiger partial charge >= 0.3 is 6.03 Å². The number of likely N-dealkylation sites (N-methyl/N-ethyl adjacent to an activating group) is 2. The molecule has 2 N–H and O–H groups in total. The van der Waals surface area contributed by atoms with Crippen LogP contribution in [0.25, 0.3) is 0 Å². The molecule has 1 fully saturated rings. The third-order valence-electron chi connectivity index (χ3n) is 3.39. The average molecular weight is 280 g/mol. The Morgan fingerprint density at radius 2 is 2.00 bits per heavy atom. The van der Waals surface area contributed by atoms with Gasteiger partial charge in [-0.1, -0.05) is 6.92 Å². The number of fused-ring (bicyclic) bond motifs is 1. The Balaban J connectivity index is 0.00000200. The van der Waals surface area contributed by atoms with Crippen molar-refractivity contribution in [1.29, 1.82) is 5.26 Å². The van der Waals surface area contributed by atoms with Crippen molar-refractivity contribution in [3.05, 3.63) is 0 Å². The Hall–Kier alpha value is -2.27. The molecule has 1 atom stereocenters. The van der Waals surface area contributed by atoms with Crippen molar-refractivity contribution in [3.8, 4) is 6.07 Å². The van der Waals surface area contributed by atoms with E-state index >= 15 is 0 Å². The van der Waals surface area contributed by atoms with Crippen LogP contribution in [0.4, 0.5) is 4.79 Å². The highest BCUT2D eigenvalue weighted by atomic mass is 16.2. The van der Waals surface area contributed by atoms with Crippen molar-refractivity contribution in [2.45, 2.75) is 25.8 Å². The van der Waals surface area contributed by atoms with Crippen LogP contribution in [0.15, 0.2) is 4.99 Å². The Bertz CT molecular complexity index is 546. The molecular formula is C12H18N5O3+. The van der Waals surface area contributed by atoms with Crippen molar-refractivity contribution in [2.24, 2.45) is 4.99 Å². The molecule has 1 saturated heterocycles. The number of carbonyl (C=O) groups excluding carboxylic acids is 2. The molecule has 2 heterocycles. The first-order valence-electron chi connectivity index (χ1n) is 6.16. The van der Waals surface area contributed by atoms with E-state index in [0.717, 1.165) is 10.7 Å². The number of amides is 3. The maximum Gasteiger partial charge on any atom is 0.333 e. The SMILES string of the molecule is CCC1=[N+](CCC#N)C2C(=O)N(C)C(=O)N(C)C2=N1.O. The molecule has 20 heavy (non-hydrogen) atoms. The van der Waals surface area contributed by atoms with Gasteiger partial charge < -0.3 is 5.48 Å². The van der Waals surface area contributed by atoms with E-state index in [1.165, 1.54) is 11.9 Å². The molecule has 0 aromatic rings. The number of urea groups is 1. The van der Waals surface area contributed by atoms with Crippen molar-refractivity contribution in [1.82, 2.24) is 9.80 Å². The van der Waals surface area contributed by atoms with Crippen LogP contribution in [0.2, 0.25) is 0 Å². The van der Waals surface area contributed by atoms with Crippen LogP contribution in [-0.4, -0.2) is 70.1 Å². The molecule has 0 saturated carbocycles. The lowest BCUT2D eigenvalue weighted by Gasteiger charge is -2.30. The highest BCUT2D eigenvalue weighted by Gasteiger charge is 2.52. The summed E-state index contributed by atoms with van der Waals surface area (Å²) in [6.07, 6.45) is 0.974. The number of hydrogen-bond acceptors (Lipinski definition) is 4. The highest BCUT2D eigenvalue weighted by molar-refractivity contribution is 6.22. The maximum atomic E-state index is 12.3. The summed E-state index contributed by atoms with van der Waals surface area (Å²) in [6, 6.07) is 1.12. The molecule has 8 nitrogen and oxygen atoms in total. The lowest BCUT2D eigenvalue weighted by molar-refractivity contribution is -0.535. The predicted molar refractivity (Wildman–Crippen MR) is 71.4 cm³/mol. The number of amidine groups is 2.